The smallest absolute Gasteiger partial charge is 0.294 e. The second-order valence-electron chi connectivity index (χ2n) is 6.86. The van der Waals surface area contributed by atoms with Crippen molar-refractivity contribution in [3.8, 4) is 0 Å². The van der Waals surface area contributed by atoms with E-state index in [1.54, 1.807) is 22.8 Å². The Kier molecular flexibility index (Phi) is 5.26. The number of rotatable bonds is 5. The fraction of sp³-hybridized carbons (Fsp3) is 0.333. The highest BCUT2D eigenvalue weighted by Gasteiger charge is 2.16. The molecule has 2 heterocycles. The number of halogens is 1. The minimum atomic E-state index is -4.22. The van der Waals surface area contributed by atoms with Crippen molar-refractivity contribution in [1.82, 2.24) is 14.6 Å². The van der Waals surface area contributed by atoms with Crippen molar-refractivity contribution in [2.75, 3.05) is 10.6 Å². The zero-order valence-corrected chi connectivity index (χ0v) is 17.4. The lowest BCUT2D eigenvalue weighted by Gasteiger charge is -2.23. The minimum absolute atomic E-state index is 0.153. The van der Waals surface area contributed by atoms with Gasteiger partial charge in [0.25, 0.3) is 10.1 Å². The Hall–Kier alpha value is -2.17. The summed E-state index contributed by atoms with van der Waals surface area (Å²) in [5.41, 5.74) is 1.34. The van der Waals surface area contributed by atoms with E-state index in [1.165, 1.54) is 31.4 Å². The number of anilines is 3. The van der Waals surface area contributed by atoms with Crippen LogP contribution in [0, 0.1) is 0 Å². The lowest BCUT2D eigenvalue weighted by atomic mass is 9.95. The lowest BCUT2D eigenvalue weighted by molar-refractivity contribution is 0.462. The van der Waals surface area contributed by atoms with Crippen LogP contribution >= 0.6 is 15.9 Å². The summed E-state index contributed by atoms with van der Waals surface area (Å²) in [7, 11) is -4.22. The van der Waals surface area contributed by atoms with Crippen molar-refractivity contribution < 1.29 is 13.0 Å². The molecule has 1 aromatic carbocycles. The van der Waals surface area contributed by atoms with Crippen molar-refractivity contribution in [2.24, 2.45) is 0 Å². The molecule has 2 aromatic heterocycles. The van der Waals surface area contributed by atoms with Gasteiger partial charge in [-0.05, 0) is 53.0 Å². The molecule has 4 rings (SSSR count). The summed E-state index contributed by atoms with van der Waals surface area (Å²) in [5, 5.41) is 11.1. The summed E-state index contributed by atoms with van der Waals surface area (Å²) in [5.74, 6) is 1.45. The normalized spacial score (nSPS) is 15.6. The number of hydrogen-bond donors (Lipinski definition) is 3. The summed E-state index contributed by atoms with van der Waals surface area (Å²) in [6.45, 7) is 0. The first kappa shape index (κ1) is 19.2. The molecule has 0 amide bonds. The van der Waals surface area contributed by atoms with Gasteiger partial charge in [-0.3, -0.25) is 4.55 Å². The van der Waals surface area contributed by atoms with E-state index in [0.717, 1.165) is 23.1 Å². The average molecular weight is 466 g/mol. The molecule has 1 fully saturated rings. The second-order valence-corrected chi connectivity index (χ2v) is 9.13. The molecule has 3 aromatic rings. The van der Waals surface area contributed by atoms with Crippen LogP contribution in [0.4, 0.5) is 17.3 Å². The van der Waals surface area contributed by atoms with E-state index in [1.807, 2.05) is 6.07 Å². The molecule has 3 N–H and O–H groups in total. The van der Waals surface area contributed by atoms with Crippen molar-refractivity contribution in [2.45, 2.75) is 43.0 Å². The van der Waals surface area contributed by atoms with Crippen LogP contribution < -0.4 is 10.6 Å². The van der Waals surface area contributed by atoms with Gasteiger partial charge in [0.15, 0.2) is 5.65 Å². The Bertz CT molecular complexity index is 1090. The van der Waals surface area contributed by atoms with Gasteiger partial charge in [-0.15, -0.1) is 0 Å². The maximum Gasteiger partial charge on any atom is 0.294 e. The quantitative estimate of drug-likeness (QED) is 0.483. The van der Waals surface area contributed by atoms with E-state index in [4.69, 9.17) is 4.55 Å². The zero-order valence-electron chi connectivity index (χ0n) is 15.0. The summed E-state index contributed by atoms with van der Waals surface area (Å²) in [4.78, 5) is 4.51. The van der Waals surface area contributed by atoms with E-state index < -0.39 is 10.1 Å². The second kappa shape index (κ2) is 7.69. The number of nitrogens with one attached hydrogen (secondary N) is 2. The fourth-order valence-corrected chi connectivity index (χ4v) is 4.24. The predicted molar refractivity (Wildman–Crippen MR) is 111 cm³/mol. The van der Waals surface area contributed by atoms with Crippen LogP contribution in [0.2, 0.25) is 0 Å². The van der Waals surface area contributed by atoms with E-state index in [0.29, 0.717) is 23.2 Å². The highest BCUT2D eigenvalue weighted by Crippen LogP contribution is 2.27. The maximum absolute atomic E-state index is 11.2. The summed E-state index contributed by atoms with van der Waals surface area (Å²) in [6, 6.07) is 8.15. The standard InChI is InChI=1S/C18H20BrN5O3S/c19-15-11-20-24-17(22-13-6-8-14(9-7-13)28(25,26)27)10-16(23-18(15)24)21-12-4-2-1-3-5-12/h6-12,22H,1-5H2,(H,21,23)(H,25,26,27). The zero-order chi connectivity index (χ0) is 19.7. The van der Waals surface area contributed by atoms with Crippen molar-refractivity contribution >= 4 is 49.0 Å². The molecule has 1 aliphatic carbocycles. The van der Waals surface area contributed by atoms with E-state index in [2.05, 4.69) is 36.6 Å². The molecule has 1 aliphatic rings. The minimum Gasteiger partial charge on any atom is -0.367 e. The summed E-state index contributed by atoms with van der Waals surface area (Å²) >= 11 is 3.48. The van der Waals surface area contributed by atoms with Gasteiger partial charge in [0.1, 0.15) is 11.6 Å². The van der Waals surface area contributed by atoms with Crippen molar-refractivity contribution in [1.29, 1.82) is 0 Å². The number of nitrogens with zero attached hydrogens (tertiary/aromatic N) is 3. The first-order chi connectivity index (χ1) is 13.4. The Balaban J connectivity index is 1.65. The molecular formula is C18H20BrN5O3S. The van der Waals surface area contributed by atoms with Gasteiger partial charge in [-0.1, -0.05) is 19.3 Å². The largest absolute Gasteiger partial charge is 0.367 e. The van der Waals surface area contributed by atoms with Gasteiger partial charge >= 0.3 is 0 Å². The van der Waals surface area contributed by atoms with E-state index in [-0.39, 0.29) is 4.90 Å². The Morgan fingerprint density at radius 1 is 1.14 bits per heavy atom. The molecule has 10 heteroatoms. The third-order valence-corrected chi connectivity index (χ3v) is 6.24. The SMILES string of the molecule is O=S(=O)(O)c1ccc(Nc2cc(NC3CCCCC3)nc3c(Br)cnn23)cc1. The summed E-state index contributed by atoms with van der Waals surface area (Å²) < 4.78 is 34.0. The topological polar surface area (TPSA) is 109 Å². The molecule has 0 unspecified atom stereocenters. The Morgan fingerprint density at radius 3 is 2.54 bits per heavy atom. The van der Waals surface area contributed by atoms with Crippen LogP contribution in [0.5, 0.6) is 0 Å². The van der Waals surface area contributed by atoms with Crippen molar-refractivity contribution in [3.63, 3.8) is 0 Å². The average Bonchev–Trinajstić information content (AvgIpc) is 3.04. The van der Waals surface area contributed by atoms with Gasteiger partial charge in [-0.25, -0.2) is 4.98 Å². The molecule has 0 aliphatic heterocycles. The molecule has 8 nitrogen and oxygen atoms in total. The predicted octanol–water partition coefficient (Wildman–Crippen LogP) is 4.23. The van der Waals surface area contributed by atoms with Crippen LogP contribution in [-0.4, -0.2) is 33.6 Å². The third-order valence-electron chi connectivity index (χ3n) is 4.81. The highest BCUT2D eigenvalue weighted by atomic mass is 79.9. The van der Waals surface area contributed by atoms with E-state index in [9.17, 15) is 8.42 Å². The third kappa shape index (κ3) is 4.13. The molecule has 0 bridgehead atoms. The number of hydrogen-bond acceptors (Lipinski definition) is 6. The fourth-order valence-electron chi connectivity index (χ4n) is 3.41. The van der Waals surface area contributed by atoms with Crippen LogP contribution in [0.3, 0.4) is 0 Å². The first-order valence-electron chi connectivity index (χ1n) is 9.05. The molecule has 0 radical (unpaired) electrons. The van der Waals surface area contributed by atoms with Gasteiger partial charge in [0, 0.05) is 17.8 Å². The molecule has 0 spiro atoms. The van der Waals surface area contributed by atoms with Crippen LogP contribution in [0.15, 0.2) is 45.9 Å². The van der Waals surface area contributed by atoms with Gasteiger partial charge < -0.3 is 10.6 Å². The first-order valence-corrected chi connectivity index (χ1v) is 11.3. The number of aromatic nitrogens is 3. The lowest BCUT2D eigenvalue weighted by Crippen LogP contribution is -2.23. The van der Waals surface area contributed by atoms with Crippen LogP contribution in [-0.2, 0) is 10.1 Å². The van der Waals surface area contributed by atoms with Crippen molar-refractivity contribution in [3.05, 3.63) is 41.0 Å². The molecule has 148 valence electrons. The van der Waals surface area contributed by atoms with Gasteiger partial charge in [-0.2, -0.15) is 18.0 Å². The molecular weight excluding hydrogens is 446 g/mol. The Labute approximate surface area is 171 Å². The molecule has 0 atom stereocenters. The van der Waals surface area contributed by atoms with E-state index >= 15 is 0 Å². The highest BCUT2D eigenvalue weighted by molar-refractivity contribution is 9.10. The van der Waals surface area contributed by atoms with Crippen LogP contribution in [0.1, 0.15) is 32.1 Å². The molecule has 1 saturated carbocycles. The number of fused-ring (bicyclic) bond motifs is 1. The van der Waals surface area contributed by atoms with Crippen LogP contribution in [0.25, 0.3) is 5.65 Å². The molecule has 0 saturated heterocycles. The summed E-state index contributed by atoms with van der Waals surface area (Å²) in [6.07, 6.45) is 7.67. The Morgan fingerprint density at radius 2 is 1.86 bits per heavy atom. The maximum atomic E-state index is 11.2. The molecule has 28 heavy (non-hydrogen) atoms. The monoisotopic (exact) mass is 465 g/mol. The van der Waals surface area contributed by atoms with Gasteiger partial charge in [0.05, 0.1) is 15.6 Å². The number of benzene rings is 1. The van der Waals surface area contributed by atoms with Gasteiger partial charge in [0.2, 0.25) is 0 Å².